The molecule has 5 heteroatoms. The summed E-state index contributed by atoms with van der Waals surface area (Å²) in [5.41, 5.74) is 0. The van der Waals surface area contributed by atoms with Crippen LogP contribution in [0.25, 0.3) is 0 Å². The molecule has 0 aromatic rings. The van der Waals surface area contributed by atoms with E-state index in [-0.39, 0.29) is 11.9 Å². The molecule has 1 atom stereocenters. The molecule has 1 aliphatic heterocycles. The molecule has 0 bridgehead atoms. The Labute approximate surface area is 110 Å². The fourth-order valence-electron chi connectivity index (χ4n) is 2.10. The van der Waals surface area contributed by atoms with Gasteiger partial charge in [0.05, 0.1) is 19.2 Å². The summed E-state index contributed by atoms with van der Waals surface area (Å²) in [4.78, 5) is 14.2. The van der Waals surface area contributed by atoms with Crippen molar-refractivity contribution in [3.8, 4) is 0 Å². The molecule has 18 heavy (non-hydrogen) atoms. The highest BCUT2D eigenvalue weighted by Crippen LogP contribution is 2.02. The van der Waals surface area contributed by atoms with Gasteiger partial charge in [-0.15, -0.1) is 0 Å². The second-order valence-electron chi connectivity index (χ2n) is 5.25. The number of hydrogen-bond acceptors (Lipinski definition) is 4. The molecule has 5 nitrogen and oxygen atoms in total. The van der Waals surface area contributed by atoms with Crippen LogP contribution in [0.2, 0.25) is 0 Å². The molecule has 1 unspecified atom stereocenters. The van der Waals surface area contributed by atoms with Crippen LogP contribution in [0.15, 0.2) is 0 Å². The zero-order valence-corrected chi connectivity index (χ0v) is 11.9. The summed E-state index contributed by atoms with van der Waals surface area (Å²) in [5.74, 6) is 0.493. The van der Waals surface area contributed by atoms with E-state index in [2.05, 4.69) is 29.4 Å². The minimum Gasteiger partial charge on any atom is -0.383 e. The summed E-state index contributed by atoms with van der Waals surface area (Å²) in [6, 6.07) is 0.104. The summed E-state index contributed by atoms with van der Waals surface area (Å²) in [7, 11) is 1.67. The lowest BCUT2D eigenvalue weighted by atomic mass is 10.1. The highest BCUT2D eigenvalue weighted by atomic mass is 16.5. The van der Waals surface area contributed by atoms with Gasteiger partial charge in [0.1, 0.15) is 0 Å². The molecule has 0 spiro atoms. The molecule has 1 fully saturated rings. The number of carbonyl (C=O) groups is 1. The maximum absolute atomic E-state index is 12.0. The third kappa shape index (κ3) is 5.80. The minimum atomic E-state index is 0.104. The zero-order valence-electron chi connectivity index (χ0n) is 11.9. The molecule has 0 aromatic heterocycles. The first-order valence-electron chi connectivity index (χ1n) is 6.85. The van der Waals surface area contributed by atoms with E-state index < -0.39 is 0 Å². The van der Waals surface area contributed by atoms with Gasteiger partial charge in [0.25, 0.3) is 0 Å². The van der Waals surface area contributed by atoms with Gasteiger partial charge in [-0.1, -0.05) is 13.8 Å². The van der Waals surface area contributed by atoms with E-state index in [9.17, 15) is 4.79 Å². The predicted octanol–water partition coefficient (Wildman–Crippen LogP) is 0.0689. The molecule has 0 aliphatic carbocycles. The highest BCUT2D eigenvalue weighted by molar-refractivity contribution is 5.78. The Kier molecular flexibility index (Phi) is 7.23. The van der Waals surface area contributed by atoms with E-state index in [0.29, 0.717) is 19.1 Å². The second-order valence-corrected chi connectivity index (χ2v) is 5.25. The van der Waals surface area contributed by atoms with Crippen molar-refractivity contribution >= 4 is 5.91 Å². The summed E-state index contributed by atoms with van der Waals surface area (Å²) < 4.78 is 5.14. The smallest absolute Gasteiger partial charge is 0.234 e. The van der Waals surface area contributed by atoms with Crippen molar-refractivity contribution in [3.05, 3.63) is 0 Å². The lowest BCUT2D eigenvalue weighted by molar-refractivity contribution is -0.123. The molecular formula is C13H27N3O2. The first-order valence-corrected chi connectivity index (χ1v) is 6.85. The molecule has 0 radical (unpaired) electrons. The van der Waals surface area contributed by atoms with Gasteiger partial charge in [-0.2, -0.15) is 0 Å². The summed E-state index contributed by atoms with van der Waals surface area (Å²) >= 11 is 0. The van der Waals surface area contributed by atoms with Crippen molar-refractivity contribution < 1.29 is 9.53 Å². The molecule has 1 aliphatic rings. The van der Waals surface area contributed by atoms with Gasteiger partial charge in [-0.25, -0.2) is 0 Å². The largest absolute Gasteiger partial charge is 0.383 e. The number of nitrogens with one attached hydrogen (secondary N) is 2. The maximum Gasteiger partial charge on any atom is 0.234 e. The first kappa shape index (κ1) is 15.4. The SMILES string of the molecule is COCC(NC(=O)CN1CCCNCC1)C(C)C. The fraction of sp³-hybridized carbons (Fsp3) is 0.923. The third-order valence-electron chi connectivity index (χ3n) is 3.30. The van der Waals surface area contributed by atoms with Crippen molar-refractivity contribution in [3.63, 3.8) is 0 Å². The molecule has 2 N–H and O–H groups in total. The van der Waals surface area contributed by atoms with Crippen LogP contribution in [0.3, 0.4) is 0 Å². The van der Waals surface area contributed by atoms with Crippen LogP contribution in [0.1, 0.15) is 20.3 Å². The van der Waals surface area contributed by atoms with Gasteiger partial charge in [0.15, 0.2) is 0 Å². The van der Waals surface area contributed by atoms with Crippen molar-refractivity contribution in [1.82, 2.24) is 15.5 Å². The Balaban J connectivity index is 2.34. The number of amides is 1. The van der Waals surface area contributed by atoms with Crippen molar-refractivity contribution in [2.75, 3.05) is 46.4 Å². The highest BCUT2D eigenvalue weighted by Gasteiger charge is 2.18. The van der Waals surface area contributed by atoms with Gasteiger partial charge in [-0.05, 0) is 25.4 Å². The Morgan fingerprint density at radius 1 is 1.39 bits per heavy atom. The standard InChI is InChI=1S/C13H27N3O2/c1-11(2)12(10-18-3)15-13(17)9-16-7-4-5-14-6-8-16/h11-12,14H,4-10H2,1-3H3,(H,15,17). The molecule has 0 aromatic carbocycles. The first-order chi connectivity index (χ1) is 8.63. The van der Waals surface area contributed by atoms with Gasteiger partial charge in [-0.3, -0.25) is 9.69 Å². The van der Waals surface area contributed by atoms with Crippen LogP contribution in [0.4, 0.5) is 0 Å². The van der Waals surface area contributed by atoms with Gasteiger partial charge in [0.2, 0.25) is 5.91 Å². The Morgan fingerprint density at radius 2 is 2.17 bits per heavy atom. The van der Waals surface area contributed by atoms with Crippen molar-refractivity contribution in [2.24, 2.45) is 5.92 Å². The number of nitrogens with zero attached hydrogens (tertiary/aromatic N) is 1. The molecule has 1 saturated heterocycles. The third-order valence-corrected chi connectivity index (χ3v) is 3.30. The van der Waals surface area contributed by atoms with E-state index in [1.165, 1.54) is 0 Å². The van der Waals surface area contributed by atoms with E-state index in [0.717, 1.165) is 32.6 Å². The van der Waals surface area contributed by atoms with Gasteiger partial charge in [0, 0.05) is 20.2 Å². The van der Waals surface area contributed by atoms with Crippen LogP contribution in [-0.2, 0) is 9.53 Å². The topological polar surface area (TPSA) is 53.6 Å². The normalized spacial score (nSPS) is 19.6. The Hall–Kier alpha value is -0.650. The Morgan fingerprint density at radius 3 is 2.83 bits per heavy atom. The average Bonchev–Trinajstić information content (AvgIpc) is 2.57. The van der Waals surface area contributed by atoms with Gasteiger partial charge < -0.3 is 15.4 Å². The van der Waals surface area contributed by atoms with Crippen molar-refractivity contribution in [1.29, 1.82) is 0 Å². The second kappa shape index (κ2) is 8.45. The van der Waals surface area contributed by atoms with Crippen LogP contribution < -0.4 is 10.6 Å². The number of methoxy groups -OCH3 is 1. The molecule has 1 rings (SSSR count). The molecular weight excluding hydrogens is 230 g/mol. The summed E-state index contributed by atoms with van der Waals surface area (Å²) in [6.07, 6.45) is 1.11. The quantitative estimate of drug-likeness (QED) is 0.707. The fourth-order valence-corrected chi connectivity index (χ4v) is 2.10. The van der Waals surface area contributed by atoms with Gasteiger partial charge >= 0.3 is 0 Å². The van der Waals surface area contributed by atoms with E-state index >= 15 is 0 Å². The molecule has 1 heterocycles. The van der Waals surface area contributed by atoms with Crippen LogP contribution in [0, 0.1) is 5.92 Å². The van der Waals surface area contributed by atoms with Crippen LogP contribution in [-0.4, -0.2) is 63.3 Å². The van der Waals surface area contributed by atoms with Crippen molar-refractivity contribution in [2.45, 2.75) is 26.3 Å². The maximum atomic E-state index is 12.0. The predicted molar refractivity (Wildman–Crippen MR) is 72.6 cm³/mol. The number of rotatable bonds is 6. The average molecular weight is 257 g/mol. The lowest BCUT2D eigenvalue weighted by Crippen LogP contribution is -2.46. The number of ether oxygens (including phenoxy) is 1. The van der Waals surface area contributed by atoms with E-state index in [1.54, 1.807) is 7.11 Å². The van der Waals surface area contributed by atoms with Crippen LogP contribution >= 0.6 is 0 Å². The zero-order chi connectivity index (χ0) is 13.4. The Bertz CT molecular complexity index is 238. The molecule has 0 saturated carbocycles. The summed E-state index contributed by atoms with van der Waals surface area (Å²) in [6.45, 7) is 9.23. The number of carbonyl (C=O) groups excluding carboxylic acids is 1. The van der Waals surface area contributed by atoms with E-state index in [1.807, 2.05) is 0 Å². The number of hydrogen-bond donors (Lipinski definition) is 2. The molecule has 106 valence electrons. The minimum absolute atomic E-state index is 0.104. The lowest BCUT2D eigenvalue weighted by Gasteiger charge is -2.24. The van der Waals surface area contributed by atoms with Crippen LogP contribution in [0.5, 0.6) is 0 Å². The molecule has 1 amide bonds. The van der Waals surface area contributed by atoms with E-state index in [4.69, 9.17) is 4.74 Å². The summed E-state index contributed by atoms with van der Waals surface area (Å²) in [5, 5.41) is 6.40. The monoisotopic (exact) mass is 257 g/mol.